The maximum absolute atomic E-state index is 7.54. The van der Waals surface area contributed by atoms with Gasteiger partial charge in [0.25, 0.3) is 0 Å². The van der Waals surface area contributed by atoms with Gasteiger partial charge in [-0.1, -0.05) is 17.8 Å². The van der Waals surface area contributed by atoms with E-state index in [1.165, 1.54) is 16.6 Å². The van der Waals surface area contributed by atoms with E-state index in [-0.39, 0.29) is 0 Å². The van der Waals surface area contributed by atoms with Gasteiger partial charge < -0.3 is 4.90 Å². The van der Waals surface area contributed by atoms with Gasteiger partial charge in [-0.2, -0.15) is 0 Å². The molecule has 0 radical (unpaired) electrons. The van der Waals surface area contributed by atoms with E-state index in [0.717, 1.165) is 6.54 Å². The average Bonchev–Trinajstić information content (AvgIpc) is 2.55. The van der Waals surface area contributed by atoms with Gasteiger partial charge in [-0.25, -0.2) is 0 Å². The number of thioether (sulfide) groups is 1. The van der Waals surface area contributed by atoms with Crippen molar-refractivity contribution < 1.29 is 0 Å². The number of amidine groups is 1. The molecule has 0 fully saturated rings. The van der Waals surface area contributed by atoms with E-state index < -0.39 is 0 Å². The third-order valence-corrected chi connectivity index (χ3v) is 3.07. The van der Waals surface area contributed by atoms with Crippen molar-refractivity contribution in [2.45, 2.75) is 6.54 Å². The monoisotopic (exact) mass is 200 g/mol. The Balaban J connectivity index is 2.47. The Morgan fingerprint density at radius 3 is 3.00 bits per heavy atom. The number of nitrogens with one attached hydrogen (secondary N) is 1. The molecule has 1 heterocycles. The maximum atomic E-state index is 7.54. The quantitative estimate of drug-likeness (QED) is 0.586. The topological polar surface area (TPSA) is 27.1 Å². The molecule has 4 heteroatoms. The predicted octanol–water partition coefficient (Wildman–Crippen LogP) is 2.48. The lowest BCUT2D eigenvalue weighted by molar-refractivity contribution is 0.513. The first-order valence-corrected chi connectivity index (χ1v) is 5.70. The highest BCUT2D eigenvalue weighted by Crippen LogP contribution is 2.12. The lowest BCUT2D eigenvalue weighted by Gasteiger charge is -2.16. The minimum atomic E-state index is 0.614. The van der Waals surface area contributed by atoms with E-state index >= 15 is 0 Å². The molecule has 0 saturated carbocycles. The molecule has 0 aliphatic heterocycles. The molecule has 12 heavy (non-hydrogen) atoms. The summed E-state index contributed by atoms with van der Waals surface area (Å²) in [6.07, 6.45) is 1.92. The van der Waals surface area contributed by atoms with Gasteiger partial charge in [0, 0.05) is 11.9 Å². The zero-order valence-corrected chi connectivity index (χ0v) is 8.84. The third kappa shape index (κ3) is 2.53. The summed E-state index contributed by atoms with van der Waals surface area (Å²) in [6.45, 7) is 0.845. The van der Waals surface area contributed by atoms with Crippen LogP contribution < -0.4 is 0 Å². The second-order valence-corrected chi connectivity index (χ2v) is 4.27. The number of hydrogen-bond donors (Lipinski definition) is 1. The first kappa shape index (κ1) is 9.61. The molecular formula is C8H12N2S2. The van der Waals surface area contributed by atoms with Crippen molar-refractivity contribution in [1.29, 1.82) is 5.41 Å². The number of hydrogen-bond acceptors (Lipinski definition) is 3. The molecule has 66 valence electrons. The molecule has 1 aromatic rings. The van der Waals surface area contributed by atoms with E-state index in [1.54, 1.807) is 11.3 Å². The van der Waals surface area contributed by atoms with Gasteiger partial charge in [0.15, 0.2) is 5.17 Å². The smallest absolute Gasteiger partial charge is 0.156 e. The van der Waals surface area contributed by atoms with Gasteiger partial charge in [0.2, 0.25) is 0 Å². The molecular weight excluding hydrogens is 188 g/mol. The van der Waals surface area contributed by atoms with Gasteiger partial charge in [0.05, 0.1) is 6.54 Å². The highest BCUT2D eigenvalue weighted by atomic mass is 32.2. The summed E-state index contributed by atoms with van der Waals surface area (Å²) in [5, 5.41) is 10.2. The predicted molar refractivity (Wildman–Crippen MR) is 57.0 cm³/mol. The Hall–Kier alpha value is -0.480. The largest absolute Gasteiger partial charge is 0.350 e. The molecule has 0 spiro atoms. The van der Waals surface area contributed by atoms with Crippen LogP contribution in [0.3, 0.4) is 0 Å². The number of rotatable bonds is 2. The number of nitrogens with zero attached hydrogens (tertiary/aromatic N) is 1. The van der Waals surface area contributed by atoms with E-state index in [4.69, 9.17) is 5.41 Å². The molecule has 1 rings (SSSR count). The van der Waals surface area contributed by atoms with Gasteiger partial charge in [-0.3, -0.25) is 5.41 Å². The molecule has 0 aliphatic rings. The minimum absolute atomic E-state index is 0.614. The maximum Gasteiger partial charge on any atom is 0.156 e. The SMILES string of the molecule is CSC(=N)N(C)Cc1cccs1. The summed E-state index contributed by atoms with van der Waals surface area (Å²) >= 11 is 3.20. The molecule has 0 bridgehead atoms. The standard InChI is InChI=1S/C8H12N2S2/c1-10(8(9)11-2)6-7-4-3-5-12-7/h3-5,9H,6H2,1-2H3. The summed E-state index contributed by atoms with van der Waals surface area (Å²) in [7, 11) is 1.94. The van der Waals surface area contributed by atoms with Crippen molar-refractivity contribution in [3.05, 3.63) is 22.4 Å². The van der Waals surface area contributed by atoms with Crippen LogP contribution in [0.5, 0.6) is 0 Å². The van der Waals surface area contributed by atoms with Crippen molar-refractivity contribution in [2.24, 2.45) is 0 Å². The fourth-order valence-electron chi connectivity index (χ4n) is 0.864. The lowest BCUT2D eigenvalue weighted by Crippen LogP contribution is -2.21. The molecule has 0 atom stereocenters. The van der Waals surface area contributed by atoms with E-state index in [1.807, 2.05) is 24.3 Å². The summed E-state index contributed by atoms with van der Waals surface area (Å²) < 4.78 is 0. The van der Waals surface area contributed by atoms with Crippen LogP contribution in [0.4, 0.5) is 0 Å². The fraction of sp³-hybridized carbons (Fsp3) is 0.375. The fourth-order valence-corrected chi connectivity index (χ4v) is 2.00. The van der Waals surface area contributed by atoms with Gasteiger partial charge in [-0.15, -0.1) is 11.3 Å². The molecule has 0 unspecified atom stereocenters. The second-order valence-electron chi connectivity index (χ2n) is 2.44. The normalized spacial score (nSPS) is 9.83. The van der Waals surface area contributed by atoms with Gasteiger partial charge >= 0.3 is 0 Å². The molecule has 2 nitrogen and oxygen atoms in total. The van der Waals surface area contributed by atoms with Crippen LogP contribution >= 0.6 is 23.1 Å². The molecule has 0 aromatic carbocycles. The van der Waals surface area contributed by atoms with Crippen LogP contribution in [0.2, 0.25) is 0 Å². The second kappa shape index (κ2) is 4.52. The van der Waals surface area contributed by atoms with Crippen LogP contribution in [-0.4, -0.2) is 23.4 Å². The van der Waals surface area contributed by atoms with Crippen LogP contribution in [0.25, 0.3) is 0 Å². The Morgan fingerprint density at radius 2 is 2.50 bits per heavy atom. The van der Waals surface area contributed by atoms with Crippen molar-refractivity contribution in [3.63, 3.8) is 0 Å². The van der Waals surface area contributed by atoms with Crippen molar-refractivity contribution in [3.8, 4) is 0 Å². The molecule has 0 aliphatic carbocycles. The summed E-state index contributed by atoms with van der Waals surface area (Å²) in [5.41, 5.74) is 0. The zero-order valence-electron chi connectivity index (χ0n) is 7.20. The summed E-state index contributed by atoms with van der Waals surface area (Å²) in [6, 6.07) is 4.13. The lowest BCUT2D eigenvalue weighted by atomic mass is 10.4. The van der Waals surface area contributed by atoms with Crippen molar-refractivity contribution >= 4 is 28.3 Å². The van der Waals surface area contributed by atoms with Crippen molar-refractivity contribution in [2.75, 3.05) is 13.3 Å². The van der Waals surface area contributed by atoms with E-state index in [0.29, 0.717) is 5.17 Å². The Morgan fingerprint density at radius 1 is 1.75 bits per heavy atom. The zero-order chi connectivity index (χ0) is 8.97. The van der Waals surface area contributed by atoms with Crippen LogP contribution in [-0.2, 0) is 6.54 Å². The number of thiophene rings is 1. The molecule has 0 saturated heterocycles. The van der Waals surface area contributed by atoms with Crippen LogP contribution in [0.15, 0.2) is 17.5 Å². The van der Waals surface area contributed by atoms with E-state index in [2.05, 4.69) is 11.4 Å². The summed E-state index contributed by atoms with van der Waals surface area (Å²) in [4.78, 5) is 3.24. The average molecular weight is 200 g/mol. The third-order valence-electron chi connectivity index (χ3n) is 1.51. The highest BCUT2D eigenvalue weighted by Gasteiger charge is 2.03. The first-order valence-electron chi connectivity index (χ1n) is 3.60. The van der Waals surface area contributed by atoms with Crippen molar-refractivity contribution in [1.82, 2.24) is 4.90 Å². The van der Waals surface area contributed by atoms with E-state index in [9.17, 15) is 0 Å². The Bertz CT molecular complexity index is 244. The Labute approximate surface area is 81.1 Å². The minimum Gasteiger partial charge on any atom is -0.350 e. The molecule has 1 N–H and O–H groups in total. The molecule has 1 aromatic heterocycles. The van der Waals surface area contributed by atoms with Gasteiger partial charge in [-0.05, 0) is 17.7 Å². The summed E-state index contributed by atoms with van der Waals surface area (Å²) in [5.74, 6) is 0. The van der Waals surface area contributed by atoms with Crippen LogP contribution in [0.1, 0.15) is 4.88 Å². The molecule has 0 amide bonds. The van der Waals surface area contributed by atoms with Gasteiger partial charge in [0.1, 0.15) is 0 Å². The first-order chi connectivity index (χ1) is 5.74. The highest BCUT2D eigenvalue weighted by molar-refractivity contribution is 8.13. The Kier molecular flexibility index (Phi) is 3.62. The van der Waals surface area contributed by atoms with Crippen LogP contribution in [0, 0.1) is 5.41 Å².